The van der Waals surface area contributed by atoms with E-state index in [1.165, 1.54) is 24.8 Å². The van der Waals surface area contributed by atoms with Gasteiger partial charge in [-0.05, 0) is 75.6 Å². The monoisotopic (exact) mass is 434 g/mol. The summed E-state index contributed by atoms with van der Waals surface area (Å²) < 4.78 is 29.2. The van der Waals surface area contributed by atoms with E-state index in [-0.39, 0.29) is 0 Å². The Morgan fingerprint density at radius 2 is 1.94 bits per heavy atom. The fourth-order valence-electron chi connectivity index (χ4n) is 4.28. The predicted octanol–water partition coefficient (Wildman–Crippen LogP) is 5.33. The molecule has 0 atom stereocenters. The zero-order chi connectivity index (χ0) is 21.8. The molecule has 2 aliphatic carbocycles. The predicted molar refractivity (Wildman–Crippen MR) is 122 cm³/mol. The van der Waals surface area contributed by atoms with E-state index >= 15 is 0 Å². The number of rotatable bonds is 6. The molecule has 6 nitrogen and oxygen atoms in total. The van der Waals surface area contributed by atoms with Crippen LogP contribution in [0, 0.1) is 11.3 Å². The zero-order valence-electron chi connectivity index (χ0n) is 17.8. The van der Waals surface area contributed by atoms with Crippen LogP contribution in [0.4, 0.5) is 5.82 Å². The second-order valence-electron chi connectivity index (χ2n) is 8.97. The van der Waals surface area contributed by atoms with Crippen molar-refractivity contribution < 1.29 is 8.42 Å². The van der Waals surface area contributed by atoms with Gasteiger partial charge >= 0.3 is 0 Å². The van der Waals surface area contributed by atoms with E-state index in [0.29, 0.717) is 23.3 Å². The molecule has 31 heavy (non-hydrogen) atoms. The van der Waals surface area contributed by atoms with Crippen LogP contribution in [0.25, 0.3) is 22.2 Å². The number of pyridine rings is 1. The average Bonchev–Trinajstić information content (AvgIpc) is 3.50. The van der Waals surface area contributed by atoms with Gasteiger partial charge in [-0.25, -0.2) is 13.4 Å². The van der Waals surface area contributed by atoms with E-state index in [2.05, 4.69) is 38.5 Å². The van der Waals surface area contributed by atoms with Crippen LogP contribution in [0.2, 0.25) is 0 Å². The summed E-state index contributed by atoms with van der Waals surface area (Å²) in [6, 6.07) is 12.9. The summed E-state index contributed by atoms with van der Waals surface area (Å²) in [6.45, 7) is 3.26. The molecule has 0 bridgehead atoms. The highest BCUT2D eigenvalue weighted by molar-refractivity contribution is 7.93. The Labute approximate surface area is 183 Å². The molecule has 0 aliphatic heterocycles. The number of hydrogen-bond donors (Lipinski definition) is 1. The highest BCUT2D eigenvalue weighted by atomic mass is 32.2. The molecular formula is C24H26N4O2S. The SMILES string of the molecule is CC(C)S(=O)(=O)Nc1ccc(-c2c(C#N)c3ccc(C4CC4)cc3n2C2CCC2)cn1. The van der Waals surface area contributed by atoms with E-state index in [9.17, 15) is 13.7 Å². The lowest BCUT2D eigenvalue weighted by molar-refractivity contribution is 0.324. The van der Waals surface area contributed by atoms with Gasteiger partial charge in [-0.15, -0.1) is 0 Å². The first-order valence-electron chi connectivity index (χ1n) is 10.9. The molecule has 5 rings (SSSR count). The van der Waals surface area contributed by atoms with Crippen molar-refractivity contribution in [2.75, 3.05) is 4.72 Å². The Kier molecular flexibility index (Phi) is 4.78. The van der Waals surface area contributed by atoms with Crippen molar-refractivity contribution in [3.8, 4) is 17.3 Å². The van der Waals surface area contributed by atoms with E-state index in [4.69, 9.17) is 0 Å². The van der Waals surface area contributed by atoms with E-state index in [0.717, 1.165) is 35.0 Å². The van der Waals surface area contributed by atoms with Gasteiger partial charge in [0.1, 0.15) is 11.9 Å². The zero-order valence-corrected chi connectivity index (χ0v) is 18.6. The molecule has 0 saturated heterocycles. The van der Waals surface area contributed by atoms with Gasteiger partial charge in [0.2, 0.25) is 10.0 Å². The molecule has 0 spiro atoms. The summed E-state index contributed by atoms with van der Waals surface area (Å²) in [7, 11) is -3.46. The van der Waals surface area contributed by atoms with Crippen molar-refractivity contribution in [3.63, 3.8) is 0 Å². The number of fused-ring (bicyclic) bond motifs is 1. The van der Waals surface area contributed by atoms with Crippen LogP contribution in [-0.4, -0.2) is 23.2 Å². The van der Waals surface area contributed by atoms with Crippen molar-refractivity contribution >= 4 is 26.7 Å². The fraction of sp³-hybridized carbons (Fsp3) is 0.417. The first-order chi connectivity index (χ1) is 14.9. The second-order valence-corrected chi connectivity index (χ2v) is 11.2. The number of sulfonamides is 1. The minimum absolute atomic E-state index is 0.290. The van der Waals surface area contributed by atoms with E-state index in [1.807, 2.05) is 6.07 Å². The minimum Gasteiger partial charge on any atom is -0.336 e. The molecule has 160 valence electrons. The quantitative estimate of drug-likeness (QED) is 0.568. The number of aromatic nitrogens is 2. The summed E-state index contributed by atoms with van der Waals surface area (Å²) in [4.78, 5) is 4.36. The van der Waals surface area contributed by atoms with E-state index < -0.39 is 15.3 Å². The fourth-order valence-corrected chi connectivity index (χ4v) is 4.93. The lowest BCUT2D eigenvalue weighted by Gasteiger charge is -2.30. The number of nitriles is 1. The van der Waals surface area contributed by atoms with Gasteiger partial charge < -0.3 is 4.57 Å². The average molecular weight is 435 g/mol. The third-order valence-electron chi connectivity index (χ3n) is 6.53. The highest BCUT2D eigenvalue weighted by Gasteiger charge is 2.30. The van der Waals surface area contributed by atoms with Crippen molar-refractivity contribution in [2.24, 2.45) is 0 Å². The van der Waals surface area contributed by atoms with E-state index in [1.54, 1.807) is 26.1 Å². The van der Waals surface area contributed by atoms with Gasteiger partial charge in [0.05, 0.1) is 22.0 Å². The lowest BCUT2D eigenvalue weighted by atomic mass is 9.92. The molecule has 0 unspecified atom stereocenters. The van der Waals surface area contributed by atoms with Crippen molar-refractivity contribution in [2.45, 2.75) is 63.2 Å². The molecule has 7 heteroatoms. The maximum absolute atomic E-state index is 12.2. The highest BCUT2D eigenvalue weighted by Crippen LogP contribution is 2.45. The number of anilines is 1. The number of benzene rings is 1. The van der Waals surface area contributed by atoms with Crippen molar-refractivity contribution in [1.82, 2.24) is 9.55 Å². The van der Waals surface area contributed by atoms with Gasteiger partial charge in [-0.2, -0.15) is 5.26 Å². The number of nitrogens with zero attached hydrogens (tertiary/aromatic N) is 3. The summed E-state index contributed by atoms with van der Waals surface area (Å²) in [5, 5.41) is 10.5. The van der Waals surface area contributed by atoms with Gasteiger partial charge in [0, 0.05) is 23.2 Å². The standard InChI is InChI=1S/C24H26N4O2S/c1-15(2)31(29,30)27-23-11-9-18(14-26-23)24-21(13-25)20-10-8-17(16-6-7-16)12-22(20)28(24)19-4-3-5-19/h8-12,14-16,19H,3-7H2,1-2H3,(H,26,27). The van der Waals surface area contributed by atoms with Crippen LogP contribution in [-0.2, 0) is 10.0 Å². The van der Waals surface area contributed by atoms with Gasteiger partial charge in [0.15, 0.2) is 0 Å². The summed E-state index contributed by atoms with van der Waals surface area (Å²) >= 11 is 0. The van der Waals surface area contributed by atoms with Crippen LogP contribution in [0.5, 0.6) is 0 Å². The topological polar surface area (TPSA) is 87.8 Å². The van der Waals surface area contributed by atoms with Gasteiger partial charge in [0.25, 0.3) is 0 Å². The van der Waals surface area contributed by atoms with Crippen molar-refractivity contribution in [3.05, 3.63) is 47.7 Å². The minimum atomic E-state index is -3.46. The largest absolute Gasteiger partial charge is 0.336 e. The Bertz CT molecular complexity index is 1290. The van der Waals surface area contributed by atoms with Gasteiger partial charge in [-0.3, -0.25) is 4.72 Å². The molecule has 0 amide bonds. The third-order valence-corrected chi connectivity index (χ3v) is 8.27. The Morgan fingerprint density at radius 1 is 1.16 bits per heavy atom. The molecule has 1 aromatic carbocycles. The molecule has 1 N–H and O–H groups in total. The van der Waals surface area contributed by atoms with Crippen LogP contribution >= 0.6 is 0 Å². The maximum atomic E-state index is 12.2. The third kappa shape index (κ3) is 3.49. The molecule has 0 radical (unpaired) electrons. The molecular weight excluding hydrogens is 408 g/mol. The molecule has 2 saturated carbocycles. The Morgan fingerprint density at radius 3 is 2.48 bits per heavy atom. The summed E-state index contributed by atoms with van der Waals surface area (Å²) in [5.41, 5.74) is 4.88. The molecule has 2 heterocycles. The molecule has 2 aliphatic rings. The Balaban J connectivity index is 1.63. The molecule has 2 aromatic heterocycles. The molecule has 3 aromatic rings. The number of hydrogen-bond acceptors (Lipinski definition) is 4. The van der Waals surface area contributed by atoms with Crippen molar-refractivity contribution in [1.29, 1.82) is 5.26 Å². The summed E-state index contributed by atoms with van der Waals surface area (Å²) in [5.74, 6) is 0.941. The smallest absolute Gasteiger partial charge is 0.236 e. The normalized spacial score (nSPS) is 17.0. The summed E-state index contributed by atoms with van der Waals surface area (Å²) in [6.07, 6.45) is 7.56. The van der Waals surface area contributed by atoms with Crippen LogP contribution in [0.15, 0.2) is 36.5 Å². The first kappa shape index (κ1) is 20.1. The van der Waals surface area contributed by atoms with Crippen LogP contribution in [0.3, 0.4) is 0 Å². The van der Waals surface area contributed by atoms with Crippen LogP contribution in [0.1, 0.15) is 69.0 Å². The number of nitrogens with one attached hydrogen (secondary N) is 1. The second kappa shape index (κ2) is 7.38. The van der Waals surface area contributed by atoms with Crippen LogP contribution < -0.4 is 4.72 Å². The lowest BCUT2D eigenvalue weighted by Crippen LogP contribution is -2.23. The molecule has 2 fully saturated rings. The van der Waals surface area contributed by atoms with Gasteiger partial charge in [-0.1, -0.05) is 12.1 Å². The maximum Gasteiger partial charge on any atom is 0.236 e. The Hall–Kier alpha value is -2.85. The first-order valence-corrected chi connectivity index (χ1v) is 12.5.